The van der Waals surface area contributed by atoms with E-state index in [9.17, 15) is 9.59 Å². The molecule has 0 radical (unpaired) electrons. The Kier molecular flexibility index (Phi) is 6.92. The Morgan fingerprint density at radius 2 is 1.89 bits per heavy atom. The van der Waals surface area contributed by atoms with E-state index in [2.05, 4.69) is 47.6 Å². The summed E-state index contributed by atoms with van der Waals surface area (Å²) >= 11 is 0. The van der Waals surface area contributed by atoms with Crippen LogP contribution in [0.3, 0.4) is 0 Å². The highest BCUT2D eigenvalue weighted by Gasteiger charge is 2.46. The molecule has 2 aliphatic carbocycles. The zero-order valence-electron chi connectivity index (χ0n) is 18.7. The van der Waals surface area contributed by atoms with Crippen molar-refractivity contribution in [3.63, 3.8) is 0 Å². The first kappa shape index (κ1) is 22.1. The maximum atomic E-state index is 13.3. The molecule has 27 heavy (non-hydrogen) atoms. The number of ketones is 2. The molecule has 0 saturated carbocycles. The maximum absolute atomic E-state index is 13.3. The molecule has 0 fully saturated rings. The average molecular weight is 373 g/mol. The number of allylic oxidation sites excluding steroid dienone is 4. The van der Waals surface area contributed by atoms with Gasteiger partial charge in [0.15, 0.2) is 0 Å². The molecule has 2 rings (SSSR count). The highest BCUT2D eigenvalue weighted by molar-refractivity contribution is 6.02. The quantitative estimate of drug-likeness (QED) is 0.362. The lowest BCUT2D eigenvalue weighted by molar-refractivity contribution is -0.136. The summed E-state index contributed by atoms with van der Waals surface area (Å²) in [6, 6.07) is 0. The molecule has 3 atom stereocenters. The lowest BCUT2D eigenvalue weighted by atomic mass is 9.56. The van der Waals surface area contributed by atoms with Gasteiger partial charge in [-0.1, -0.05) is 57.4 Å². The summed E-state index contributed by atoms with van der Waals surface area (Å²) in [7, 11) is 0. The molecule has 0 N–H and O–H groups in total. The minimum atomic E-state index is -0.386. The second kappa shape index (κ2) is 8.45. The van der Waals surface area contributed by atoms with Gasteiger partial charge >= 0.3 is 0 Å². The average Bonchev–Trinajstić information content (AvgIpc) is 2.56. The van der Waals surface area contributed by atoms with E-state index in [4.69, 9.17) is 0 Å². The van der Waals surface area contributed by atoms with Crippen molar-refractivity contribution >= 4 is 11.6 Å². The fourth-order valence-corrected chi connectivity index (χ4v) is 4.94. The minimum Gasteiger partial charge on any atom is -0.299 e. The number of hydrogen-bond donors (Lipinski definition) is 0. The molecule has 152 valence electrons. The van der Waals surface area contributed by atoms with Gasteiger partial charge in [-0.2, -0.15) is 0 Å². The molecule has 0 bridgehead atoms. The number of Topliss-reactive ketones (excluding diaryl/α,β-unsaturated/α-hetero) is 2. The fourth-order valence-electron chi connectivity index (χ4n) is 4.94. The molecule has 0 aliphatic heterocycles. The largest absolute Gasteiger partial charge is 0.299 e. The van der Waals surface area contributed by atoms with Crippen molar-refractivity contribution in [3.05, 3.63) is 22.8 Å². The molecule has 2 aliphatic rings. The molecule has 0 saturated heterocycles. The third-order valence-corrected chi connectivity index (χ3v) is 7.38. The summed E-state index contributed by atoms with van der Waals surface area (Å²) in [5.74, 6) is 0.583. The summed E-state index contributed by atoms with van der Waals surface area (Å²) in [5.41, 5.74) is 4.23. The van der Waals surface area contributed by atoms with Crippen LogP contribution in [0.4, 0.5) is 0 Å². The minimum absolute atomic E-state index is 0.0343. The van der Waals surface area contributed by atoms with E-state index in [1.165, 1.54) is 30.4 Å². The molecule has 3 unspecified atom stereocenters. The first-order valence-corrected chi connectivity index (χ1v) is 10.9. The summed E-state index contributed by atoms with van der Waals surface area (Å²) in [6.07, 6.45) is 9.62. The van der Waals surface area contributed by atoms with Crippen molar-refractivity contribution in [2.75, 3.05) is 0 Å². The van der Waals surface area contributed by atoms with E-state index >= 15 is 0 Å². The van der Waals surface area contributed by atoms with Gasteiger partial charge in [0.05, 0.1) is 6.42 Å². The maximum Gasteiger partial charge on any atom is 0.146 e. The van der Waals surface area contributed by atoms with Crippen LogP contribution < -0.4 is 0 Å². The molecule has 0 aromatic rings. The van der Waals surface area contributed by atoms with Crippen LogP contribution in [0, 0.1) is 22.7 Å². The normalized spacial score (nSPS) is 28.3. The Labute approximate surface area is 166 Å². The van der Waals surface area contributed by atoms with Gasteiger partial charge in [0.2, 0.25) is 0 Å². The van der Waals surface area contributed by atoms with E-state index in [0.29, 0.717) is 5.92 Å². The van der Waals surface area contributed by atoms with E-state index in [0.717, 1.165) is 25.7 Å². The molecule has 2 heteroatoms. The van der Waals surface area contributed by atoms with Crippen molar-refractivity contribution in [1.29, 1.82) is 0 Å². The highest BCUT2D eigenvalue weighted by Crippen LogP contribution is 2.54. The number of rotatable bonds is 7. The van der Waals surface area contributed by atoms with Crippen molar-refractivity contribution in [2.45, 2.75) is 99.8 Å². The molecular formula is C25H40O2. The lowest BCUT2D eigenvalue weighted by Crippen LogP contribution is -2.42. The predicted octanol–water partition coefficient (Wildman–Crippen LogP) is 6.84. The standard InChI is InChI=1S/C25H40O2/c1-17(2)10-8-11-18(3)22(26)15-23(27)25(7)16-21-20(14-19(25)4)12-9-13-24(21,5)6/h10,18-19H,8-9,11-16H2,1-7H3. The van der Waals surface area contributed by atoms with Crippen LogP contribution in [0.1, 0.15) is 99.8 Å². The summed E-state index contributed by atoms with van der Waals surface area (Å²) in [5, 5.41) is 0. The number of carbonyl (C=O) groups is 2. The summed E-state index contributed by atoms with van der Waals surface area (Å²) in [6.45, 7) is 15.1. The topological polar surface area (TPSA) is 34.1 Å². The third kappa shape index (κ3) is 5.00. The van der Waals surface area contributed by atoms with Gasteiger partial charge in [0.1, 0.15) is 11.6 Å². The van der Waals surface area contributed by atoms with Crippen molar-refractivity contribution in [2.24, 2.45) is 22.7 Å². The number of carbonyl (C=O) groups excluding carboxylic acids is 2. The Balaban J connectivity index is 2.07. The first-order chi connectivity index (χ1) is 12.5. The first-order valence-electron chi connectivity index (χ1n) is 10.9. The molecule has 0 aromatic carbocycles. The second-order valence-corrected chi connectivity index (χ2v) is 10.3. The Morgan fingerprint density at radius 1 is 1.22 bits per heavy atom. The van der Waals surface area contributed by atoms with Crippen LogP contribution in [-0.2, 0) is 9.59 Å². The van der Waals surface area contributed by atoms with Gasteiger partial charge in [-0.15, -0.1) is 0 Å². The van der Waals surface area contributed by atoms with Crippen molar-refractivity contribution < 1.29 is 9.59 Å². The molecular weight excluding hydrogens is 332 g/mol. The lowest BCUT2D eigenvalue weighted by Gasteiger charge is -2.47. The Morgan fingerprint density at radius 3 is 2.52 bits per heavy atom. The zero-order chi connectivity index (χ0) is 20.4. The van der Waals surface area contributed by atoms with E-state index in [1.54, 1.807) is 5.57 Å². The Bertz CT molecular complexity index is 645. The molecule has 0 heterocycles. The van der Waals surface area contributed by atoms with Gasteiger partial charge in [0.25, 0.3) is 0 Å². The van der Waals surface area contributed by atoms with Crippen LogP contribution in [0.2, 0.25) is 0 Å². The van der Waals surface area contributed by atoms with Gasteiger partial charge in [0, 0.05) is 11.3 Å². The van der Waals surface area contributed by atoms with Gasteiger partial charge < -0.3 is 0 Å². The summed E-state index contributed by atoms with van der Waals surface area (Å²) in [4.78, 5) is 25.9. The van der Waals surface area contributed by atoms with Crippen LogP contribution in [0.25, 0.3) is 0 Å². The van der Waals surface area contributed by atoms with E-state index < -0.39 is 0 Å². The van der Waals surface area contributed by atoms with Crippen molar-refractivity contribution in [3.8, 4) is 0 Å². The summed E-state index contributed by atoms with van der Waals surface area (Å²) < 4.78 is 0. The van der Waals surface area contributed by atoms with Crippen LogP contribution in [0.5, 0.6) is 0 Å². The smallest absolute Gasteiger partial charge is 0.146 e. The van der Waals surface area contributed by atoms with Gasteiger partial charge in [-0.3, -0.25) is 9.59 Å². The SMILES string of the molecule is CC(C)=CCCC(C)C(=O)CC(=O)C1(C)CC2=C(CCCC2(C)C)CC1C. The second-order valence-electron chi connectivity index (χ2n) is 10.3. The van der Waals surface area contributed by atoms with Gasteiger partial charge in [-0.25, -0.2) is 0 Å². The van der Waals surface area contributed by atoms with Crippen LogP contribution in [-0.4, -0.2) is 11.6 Å². The molecule has 0 spiro atoms. The third-order valence-electron chi connectivity index (χ3n) is 7.38. The molecule has 0 aromatic heterocycles. The fraction of sp³-hybridized carbons (Fsp3) is 0.760. The Hall–Kier alpha value is -1.18. The van der Waals surface area contributed by atoms with Crippen LogP contribution in [0.15, 0.2) is 22.8 Å². The van der Waals surface area contributed by atoms with Gasteiger partial charge in [-0.05, 0) is 70.1 Å². The number of hydrogen-bond acceptors (Lipinski definition) is 2. The zero-order valence-corrected chi connectivity index (χ0v) is 18.7. The van der Waals surface area contributed by atoms with Crippen molar-refractivity contribution in [1.82, 2.24) is 0 Å². The monoisotopic (exact) mass is 372 g/mol. The molecule has 0 amide bonds. The molecule has 2 nitrogen and oxygen atoms in total. The van der Waals surface area contributed by atoms with Crippen LogP contribution >= 0.6 is 0 Å². The highest BCUT2D eigenvalue weighted by atomic mass is 16.1. The van der Waals surface area contributed by atoms with E-state index in [-0.39, 0.29) is 34.7 Å². The van der Waals surface area contributed by atoms with E-state index in [1.807, 2.05) is 6.92 Å². The predicted molar refractivity (Wildman–Crippen MR) is 114 cm³/mol.